The maximum atomic E-state index is 11.0. The summed E-state index contributed by atoms with van der Waals surface area (Å²) in [5.41, 5.74) is 0.952. The Balaban J connectivity index is 2.21. The van der Waals surface area contributed by atoms with Gasteiger partial charge in [0.25, 0.3) is 0 Å². The van der Waals surface area contributed by atoms with E-state index in [-0.39, 0.29) is 11.7 Å². The highest BCUT2D eigenvalue weighted by atomic mass is 35.5. The van der Waals surface area contributed by atoms with Gasteiger partial charge in [-0.15, -0.1) is 11.3 Å². The first-order valence-electron chi connectivity index (χ1n) is 5.80. The zero-order chi connectivity index (χ0) is 14.9. The summed E-state index contributed by atoms with van der Waals surface area (Å²) in [5, 5.41) is 13.8. The Morgan fingerprint density at radius 3 is 2.70 bits per heavy atom. The van der Waals surface area contributed by atoms with Gasteiger partial charge in [-0.05, 0) is 31.5 Å². The Bertz CT molecular complexity index is 658. The number of aryl methyl sites for hydroxylation is 1. The molecule has 0 spiro atoms. The van der Waals surface area contributed by atoms with Crippen LogP contribution in [0.5, 0.6) is 0 Å². The standard InChI is InChI=1S/C13H12Cl2N2O2S/c1-6(9-4-3-8(14)5-10(9)15)16-13-17-11(12(18)19)7(2)20-13/h3-6H,1-2H3,(H,16,17)(H,18,19). The lowest BCUT2D eigenvalue weighted by atomic mass is 10.1. The number of rotatable bonds is 4. The third-order valence-electron chi connectivity index (χ3n) is 2.77. The minimum absolute atomic E-state index is 0.0758. The molecular formula is C13H12Cl2N2O2S. The number of nitrogens with zero attached hydrogens (tertiary/aromatic N) is 1. The Kier molecular flexibility index (Phi) is 4.52. The molecule has 1 unspecified atom stereocenters. The molecule has 0 amide bonds. The monoisotopic (exact) mass is 330 g/mol. The number of carboxylic acids is 1. The second-order valence-corrected chi connectivity index (χ2v) is 6.31. The SMILES string of the molecule is Cc1sc(NC(C)c2ccc(Cl)cc2Cl)nc1C(=O)O. The molecule has 1 aromatic carbocycles. The summed E-state index contributed by atoms with van der Waals surface area (Å²) in [4.78, 5) is 15.7. The van der Waals surface area contributed by atoms with Crippen molar-refractivity contribution < 1.29 is 9.90 Å². The van der Waals surface area contributed by atoms with E-state index >= 15 is 0 Å². The zero-order valence-corrected chi connectivity index (χ0v) is 13.1. The van der Waals surface area contributed by atoms with E-state index < -0.39 is 5.97 Å². The topological polar surface area (TPSA) is 62.2 Å². The molecule has 1 atom stereocenters. The molecule has 0 aliphatic carbocycles. The molecule has 1 aromatic heterocycles. The van der Waals surface area contributed by atoms with Crippen molar-refractivity contribution in [3.63, 3.8) is 0 Å². The average molecular weight is 331 g/mol. The molecule has 0 radical (unpaired) electrons. The first-order chi connectivity index (χ1) is 9.38. The van der Waals surface area contributed by atoms with Crippen LogP contribution in [0.15, 0.2) is 18.2 Å². The Morgan fingerprint density at radius 1 is 1.45 bits per heavy atom. The number of hydrogen-bond acceptors (Lipinski definition) is 4. The second kappa shape index (κ2) is 5.99. The fourth-order valence-electron chi connectivity index (χ4n) is 1.77. The van der Waals surface area contributed by atoms with Gasteiger partial charge < -0.3 is 10.4 Å². The van der Waals surface area contributed by atoms with Gasteiger partial charge in [0, 0.05) is 14.9 Å². The van der Waals surface area contributed by atoms with E-state index in [9.17, 15) is 4.79 Å². The molecule has 20 heavy (non-hydrogen) atoms. The van der Waals surface area contributed by atoms with Crippen LogP contribution in [0, 0.1) is 6.92 Å². The summed E-state index contributed by atoms with van der Waals surface area (Å²) < 4.78 is 0. The number of hydrogen-bond donors (Lipinski definition) is 2. The molecule has 2 aromatic rings. The van der Waals surface area contributed by atoms with Gasteiger partial charge in [-0.1, -0.05) is 29.3 Å². The van der Waals surface area contributed by atoms with Gasteiger partial charge in [0.1, 0.15) is 0 Å². The summed E-state index contributed by atoms with van der Waals surface area (Å²) in [6.07, 6.45) is 0. The van der Waals surface area contributed by atoms with Crippen LogP contribution >= 0.6 is 34.5 Å². The van der Waals surface area contributed by atoms with E-state index in [1.165, 1.54) is 11.3 Å². The van der Waals surface area contributed by atoms with Crippen molar-refractivity contribution in [2.24, 2.45) is 0 Å². The molecule has 1 heterocycles. The number of halogens is 2. The van der Waals surface area contributed by atoms with Crippen molar-refractivity contribution in [1.82, 2.24) is 4.98 Å². The number of carboxylic acid groups (broad SMARTS) is 1. The minimum atomic E-state index is -1.02. The molecule has 0 fully saturated rings. The lowest BCUT2D eigenvalue weighted by molar-refractivity contribution is 0.0690. The van der Waals surface area contributed by atoms with E-state index in [4.69, 9.17) is 28.3 Å². The summed E-state index contributed by atoms with van der Waals surface area (Å²) in [5.74, 6) is -1.02. The Morgan fingerprint density at radius 2 is 2.15 bits per heavy atom. The van der Waals surface area contributed by atoms with Crippen LogP contribution in [0.4, 0.5) is 5.13 Å². The molecule has 4 nitrogen and oxygen atoms in total. The number of thiazole rings is 1. The molecule has 0 aliphatic rings. The van der Waals surface area contributed by atoms with Gasteiger partial charge in [-0.25, -0.2) is 9.78 Å². The van der Waals surface area contributed by atoms with Gasteiger partial charge in [0.05, 0.1) is 6.04 Å². The zero-order valence-electron chi connectivity index (χ0n) is 10.8. The minimum Gasteiger partial charge on any atom is -0.476 e. The van der Waals surface area contributed by atoms with E-state index in [2.05, 4.69) is 10.3 Å². The predicted octanol–water partition coefficient (Wildman–Crippen LogP) is 4.63. The highest BCUT2D eigenvalue weighted by Crippen LogP contribution is 2.30. The summed E-state index contributed by atoms with van der Waals surface area (Å²) >= 11 is 13.3. The van der Waals surface area contributed by atoms with Crippen molar-refractivity contribution in [2.45, 2.75) is 19.9 Å². The van der Waals surface area contributed by atoms with Gasteiger partial charge in [0.2, 0.25) is 0 Å². The van der Waals surface area contributed by atoms with E-state index in [1.54, 1.807) is 19.1 Å². The lowest BCUT2D eigenvalue weighted by Crippen LogP contribution is -2.07. The quantitative estimate of drug-likeness (QED) is 0.857. The smallest absolute Gasteiger partial charge is 0.355 e. The predicted molar refractivity (Wildman–Crippen MR) is 82.3 cm³/mol. The largest absolute Gasteiger partial charge is 0.476 e. The summed E-state index contributed by atoms with van der Waals surface area (Å²) in [7, 11) is 0. The molecular weight excluding hydrogens is 319 g/mol. The van der Waals surface area contributed by atoms with Gasteiger partial charge in [0.15, 0.2) is 10.8 Å². The van der Waals surface area contributed by atoms with E-state index in [0.29, 0.717) is 20.1 Å². The van der Waals surface area contributed by atoms with Gasteiger partial charge >= 0.3 is 5.97 Å². The van der Waals surface area contributed by atoms with Crippen LogP contribution in [0.2, 0.25) is 10.0 Å². The van der Waals surface area contributed by atoms with E-state index in [0.717, 1.165) is 5.56 Å². The maximum absolute atomic E-state index is 11.0. The van der Waals surface area contributed by atoms with Gasteiger partial charge in [-0.3, -0.25) is 0 Å². The average Bonchev–Trinajstić information content (AvgIpc) is 2.70. The fraction of sp³-hybridized carbons (Fsp3) is 0.231. The molecule has 2 rings (SSSR count). The highest BCUT2D eigenvalue weighted by molar-refractivity contribution is 7.15. The molecule has 7 heteroatoms. The number of aromatic carboxylic acids is 1. The van der Waals surface area contributed by atoms with Crippen LogP contribution < -0.4 is 5.32 Å². The number of benzene rings is 1. The number of anilines is 1. The Labute approximate surface area is 130 Å². The normalized spacial score (nSPS) is 12.2. The second-order valence-electron chi connectivity index (χ2n) is 4.26. The molecule has 106 valence electrons. The summed E-state index contributed by atoms with van der Waals surface area (Å²) in [6.45, 7) is 3.65. The van der Waals surface area contributed by atoms with Crippen LogP contribution in [0.25, 0.3) is 0 Å². The van der Waals surface area contributed by atoms with Crippen LogP contribution in [-0.2, 0) is 0 Å². The lowest BCUT2D eigenvalue weighted by Gasteiger charge is -2.15. The van der Waals surface area contributed by atoms with Crippen LogP contribution in [0.1, 0.15) is 33.9 Å². The third kappa shape index (κ3) is 3.23. The molecule has 0 bridgehead atoms. The van der Waals surface area contributed by atoms with Crippen molar-refractivity contribution in [1.29, 1.82) is 0 Å². The third-order valence-corrected chi connectivity index (χ3v) is 4.23. The van der Waals surface area contributed by atoms with Gasteiger partial charge in [-0.2, -0.15) is 0 Å². The summed E-state index contributed by atoms with van der Waals surface area (Å²) in [6, 6.07) is 5.16. The molecule has 2 N–H and O–H groups in total. The maximum Gasteiger partial charge on any atom is 0.355 e. The first-order valence-corrected chi connectivity index (χ1v) is 7.38. The fourth-order valence-corrected chi connectivity index (χ4v) is 3.24. The highest BCUT2D eigenvalue weighted by Gasteiger charge is 2.16. The van der Waals surface area contributed by atoms with Crippen molar-refractivity contribution in [2.75, 3.05) is 5.32 Å². The Hall–Kier alpha value is -1.30. The number of aromatic nitrogens is 1. The van der Waals surface area contributed by atoms with Crippen molar-refractivity contribution >= 4 is 45.6 Å². The molecule has 0 saturated heterocycles. The molecule has 0 saturated carbocycles. The van der Waals surface area contributed by atoms with E-state index in [1.807, 2.05) is 13.0 Å². The van der Waals surface area contributed by atoms with Crippen molar-refractivity contribution in [3.8, 4) is 0 Å². The van der Waals surface area contributed by atoms with Crippen molar-refractivity contribution in [3.05, 3.63) is 44.4 Å². The van der Waals surface area contributed by atoms with Crippen LogP contribution in [0.3, 0.4) is 0 Å². The number of carbonyl (C=O) groups is 1. The number of nitrogens with one attached hydrogen (secondary N) is 1. The first kappa shape index (κ1) is 15.1. The molecule has 0 aliphatic heterocycles. The van der Waals surface area contributed by atoms with Crippen LogP contribution in [-0.4, -0.2) is 16.1 Å².